The SMILES string of the molecule is COc1cccc2c1C(=O)c1c(O)c3c(c(O)c1C2=O)C[C@@](O)(C(=O)CO)C[C@@H]3O[C@H]1C[C@H](NC(=O)CCCc2cn(CCO[C@@H]3O[C@H](CO)[C@H](O)[C@H](O)[C@H]3NC(C)=O)nn2)[C@H](O)[C@H](C)O1. The van der Waals surface area contributed by atoms with Gasteiger partial charge < -0.3 is 75.2 Å². The normalized spacial score (nSPS) is 29.3. The number of nitrogens with one attached hydrogen (secondary N) is 2. The van der Waals surface area contributed by atoms with Gasteiger partial charge in [0, 0.05) is 55.5 Å². The summed E-state index contributed by atoms with van der Waals surface area (Å²) in [5, 5.41) is 99.5. The lowest BCUT2D eigenvalue weighted by Gasteiger charge is -2.43. The number of carbonyl (C=O) groups is 5. The molecule has 23 nitrogen and oxygen atoms in total. The number of ketones is 3. The number of aromatic nitrogens is 3. The van der Waals surface area contributed by atoms with Gasteiger partial charge in [0.25, 0.3) is 0 Å². The van der Waals surface area contributed by atoms with Crippen LogP contribution in [-0.2, 0) is 52.7 Å². The second-order valence-corrected chi connectivity index (χ2v) is 16.8. The smallest absolute Gasteiger partial charge is 0.220 e. The summed E-state index contributed by atoms with van der Waals surface area (Å²) in [5.41, 5.74) is -3.66. The number of aliphatic hydroxyl groups is 6. The van der Waals surface area contributed by atoms with Gasteiger partial charge in [0.1, 0.15) is 59.9 Å². The predicted octanol–water partition coefficient (Wildman–Crippen LogP) is -2.27. The van der Waals surface area contributed by atoms with Gasteiger partial charge in [-0.1, -0.05) is 17.3 Å². The number of Topliss-reactive ketones (excluding diaryl/α,β-unsaturated/α-hetero) is 1. The molecule has 0 saturated carbocycles. The van der Waals surface area contributed by atoms with Gasteiger partial charge in [0.05, 0.1) is 67.5 Å². The van der Waals surface area contributed by atoms with Crippen LogP contribution in [0.15, 0.2) is 24.4 Å². The van der Waals surface area contributed by atoms with E-state index >= 15 is 0 Å². The zero-order chi connectivity index (χ0) is 47.8. The van der Waals surface area contributed by atoms with Crippen molar-refractivity contribution in [1.29, 1.82) is 0 Å². The highest BCUT2D eigenvalue weighted by Gasteiger charge is 2.51. The fraction of sp³-hybridized carbons (Fsp3) is 0.558. The highest BCUT2D eigenvalue weighted by Crippen LogP contribution is 2.52. The average Bonchev–Trinajstić information content (AvgIpc) is 3.74. The van der Waals surface area contributed by atoms with Crippen molar-refractivity contribution < 1.29 is 88.5 Å². The van der Waals surface area contributed by atoms with Gasteiger partial charge in [-0.3, -0.25) is 24.0 Å². The second-order valence-electron chi connectivity index (χ2n) is 16.8. The summed E-state index contributed by atoms with van der Waals surface area (Å²) < 4.78 is 30.3. The molecule has 7 rings (SSSR count). The number of hydrogen-bond donors (Lipinski definition) is 10. The molecule has 2 aliphatic carbocycles. The van der Waals surface area contributed by atoms with Crippen LogP contribution in [0.3, 0.4) is 0 Å². The molecule has 358 valence electrons. The van der Waals surface area contributed by atoms with Crippen molar-refractivity contribution in [3.8, 4) is 17.2 Å². The van der Waals surface area contributed by atoms with Crippen LogP contribution in [0.5, 0.6) is 17.2 Å². The highest BCUT2D eigenvalue weighted by atomic mass is 16.7. The molecule has 3 aromatic rings. The van der Waals surface area contributed by atoms with Crippen molar-refractivity contribution in [1.82, 2.24) is 25.6 Å². The molecular formula is C43H53N5O18. The van der Waals surface area contributed by atoms with E-state index in [4.69, 9.17) is 23.7 Å². The van der Waals surface area contributed by atoms with E-state index < -0.39 is 145 Å². The van der Waals surface area contributed by atoms with Gasteiger partial charge in [0.2, 0.25) is 17.6 Å². The number of carbonyl (C=O) groups excluding carboxylic acids is 5. The number of rotatable bonds is 16. The summed E-state index contributed by atoms with van der Waals surface area (Å²) in [4.78, 5) is 65.7. The maximum Gasteiger partial charge on any atom is 0.220 e. The number of aryl methyl sites for hydroxylation is 1. The van der Waals surface area contributed by atoms with Gasteiger partial charge in [-0.25, -0.2) is 4.68 Å². The zero-order valence-electron chi connectivity index (χ0n) is 36.2. The van der Waals surface area contributed by atoms with Crippen LogP contribution < -0.4 is 15.4 Å². The van der Waals surface area contributed by atoms with Crippen molar-refractivity contribution in [2.24, 2.45) is 0 Å². The van der Waals surface area contributed by atoms with E-state index in [-0.39, 0.29) is 54.0 Å². The number of ether oxygens (including phenoxy) is 5. The van der Waals surface area contributed by atoms with Crippen molar-refractivity contribution in [3.63, 3.8) is 0 Å². The summed E-state index contributed by atoms with van der Waals surface area (Å²) in [6, 6.07) is 2.22. The second kappa shape index (κ2) is 19.8. The summed E-state index contributed by atoms with van der Waals surface area (Å²) in [7, 11) is 1.29. The van der Waals surface area contributed by atoms with Crippen LogP contribution in [0, 0.1) is 0 Å². The fourth-order valence-corrected chi connectivity index (χ4v) is 9.01. The first-order chi connectivity index (χ1) is 31.4. The molecule has 11 atom stereocenters. The largest absolute Gasteiger partial charge is 0.507 e. The molecule has 23 heteroatoms. The lowest BCUT2D eigenvalue weighted by atomic mass is 9.72. The predicted molar refractivity (Wildman–Crippen MR) is 220 cm³/mol. The minimum Gasteiger partial charge on any atom is -0.507 e. The number of phenolic OH excluding ortho intramolecular Hbond substituents is 2. The van der Waals surface area contributed by atoms with E-state index in [1.807, 2.05) is 0 Å². The van der Waals surface area contributed by atoms with E-state index in [1.54, 1.807) is 6.20 Å². The molecule has 2 saturated heterocycles. The molecule has 0 radical (unpaired) electrons. The third-order valence-corrected chi connectivity index (χ3v) is 12.4. The van der Waals surface area contributed by atoms with Crippen LogP contribution in [0.1, 0.15) is 94.3 Å². The number of aromatic hydroxyl groups is 2. The van der Waals surface area contributed by atoms with Crippen LogP contribution >= 0.6 is 0 Å². The summed E-state index contributed by atoms with van der Waals surface area (Å²) in [6.45, 7) is 1.20. The van der Waals surface area contributed by atoms with Gasteiger partial charge >= 0.3 is 0 Å². The number of benzene rings is 2. The number of methoxy groups -OCH3 is 1. The monoisotopic (exact) mass is 927 g/mol. The van der Waals surface area contributed by atoms with Crippen LogP contribution in [0.2, 0.25) is 0 Å². The van der Waals surface area contributed by atoms with E-state index in [1.165, 1.54) is 43.8 Å². The standard InChI is InChI=1S/C43H53N5O18/c1-18-35(54)23(45-28(53)9-4-6-20-15-48(47-46-20)10-11-63-42-34(44-19(2)51)41(60)38(57)26(16-49)66-42)12-29(64-18)65-25-14-43(61,27(52)17-50)13-22-31(25)40(59)33-32(37(22)56)36(55)21-7-5-8-24(62-3)30(21)39(33)58/h5,7-8,15,18,23,25-26,29,34-35,38,41-42,49-50,54,56-57,59-61H,4,6,9-14,16-17H2,1-3H3,(H,44,51)(H,45,53)/t18-,23-,25-,26+,29-,34+,35+,38-,41+,42+,43-/m0/s1. The van der Waals surface area contributed by atoms with E-state index in [9.17, 15) is 64.8 Å². The summed E-state index contributed by atoms with van der Waals surface area (Å²) >= 11 is 0. The van der Waals surface area contributed by atoms with Gasteiger partial charge in [0.15, 0.2) is 24.1 Å². The molecule has 4 aliphatic rings. The van der Waals surface area contributed by atoms with Gasteiger partial charge in [-0.2, -0.15) is 0 Å². The van der Waals surface area contributed by atoms with Crippen LogP contribution in [0.25, 0.3) is 0 Å². The maximum atomic E-state index is 14.0. The quantitative estimate of drug-likeness (QED) is 0.0530. The molecule has 0 unspecified atom stereocenters. The maximum absolute atomic E-state index is 14.0. The molecule has 2 aromatic carbocycles. The Labute approximate surface area is 376 Å². The Kier molecular flexibility index (Phi) is 14.5. The average molecular weight is 928 g/mol. The Morgan fingerprint density at radius 1 is 0.985 bits per heavy atom. The van der Waals surface area contributed by atoms with Crippen molar-refractivity contribution >= 4 is 29.2 Å². The van der Waals surface area contributed by atoms with Crippen molar-refractivity contribution in [2.75, 3.05) is 26.9 Å². The third kappa shape index (κ3) is 9.40. The Morgan fingerprint density at radius 3 is 2.42 bits per heavy atom. The molecule has 2 amide bonds. The van der Waals surface area contributed by atoms with E-state index in [0.29, 0.717) is 18.5 Å². The summed E-state index contributed by atoms with van der Waals surface area (Å²) in [5.74, 6) is -5.13. The zero-order valence-corrected chi connectivity index (χ0v) is 36.2. The first-order valence-electron chi connectivity index (χ1n) is 21.3. The molecule has 2 fully saturated rings. The summed E-state index contributed by atoms with van der Waals surface area (Å²) in [6.07, 6.45) is -9.36. The van der Waals surface area contributed by atoms with Crippen molar-refractivity contribution in [2.45, 2.75) is 126 Å². The van der Waals surface area contributed by atoms with E-state index in [2.05, 4.69) is 20.9 Å². The number of hydrogen-bond acceptors (Lipinski definition) is 20. The number of fused-ring (bicyclic) bond motifs is 3. The van der Waals surface area contributed by atoms with Crippen LogP contribution in [0.4, 0.5) is 0 Å². The minimum absolute atomic E-state index is 0.00502. The number of amides is 2. The lowest BCUT2D eigenvalue weighted by molar-refractivity contribution is -0.270. The third-order valence-electron chi connectivity index (χ3n) is 12.4. The molecule has 0 bridgehead atoms. The first kappa shape index (κ1) is 48.5. The molecule has 0 spiro atoms. The Bertz CT molecular complexity index is 2360. The Morgan fingerprint density at radius 2 is 1.73 bits per heavy atom. The topological polar surface area (TPSA) is 348 Å². The number of aliphatic hydroxyl groups excluding tert-OH is 5. The van der Waals surface area contributed by atoms with Gasteiger partial charge in [-0.15, -0.1) is 5.10 Å². The lowest BCUT2D eigenvalue weighted by Crippen LogP contribution is -2.64. The number of phenols is 2. The first-order valence-corrected chi connectivity index (χ1v) is 21.3. The molecule has 10 N–H and O–H groups in total. The highest BCUT2D eigenvalue weighted by molar-refractivity contribution is 6.31. The number of nitrogens with zero attached hydrogens (tertiary/aromatic N) is 3. The van der Waals surface area contributed by atoms with Crippen molar-refractivity contribution in [3.05, 3.63) is 63.5 Å². The Hall–Kier alpha value is -5.47. The molecular weight excluding hydrogens is 874 g/mol. The minimum atomic E-state index is -2.37. The van der Waals surface area contributed by atoms with E-state index in [0.717, 1.165) is 0 Å². The fourth-order valence-electron chi connectivity index (χ4n) is 9.01. The molecule has 2 aliphatic heterocycles. The molecule has 3 heterocycles. The Balaban J connectivity index is 0.991. The van der Waals surface area contributed by atoms with Gasteiger partial charge in [-0.05, 0) is 25.8 Å². The van der Waals surface area contributed by atoms with Crippen LogP contribution in [-0.4, -0.2) is 173 Å². The molecule has 66 heavy (non-hydrogen) atoms. The molecule has 1 aromatic heterocycles.